The number of hydrogen-bond acceptors (Lipinski definition) is 5. The largest absolute Gasteiger partial charge is 0.389 e. The Morgan fingerprint density at radius 1 is 1.55 bits per heavy atom. The minimum absolute atomic E-state index is 0.361. The van der Waals surface area contributed by atoms with Crippen molar-refractivity contribution < 1.29 is 9.72 Å². The molecule has 11 heavy (non-hydrogen) atoms. The molecule has 0 saturated heterocycles. The van der Waals surface area contributed by atoms with Crippen LogP contribution in [0.3, 0.4) is 0 Å². The highest BCUT2D eigenvalue weighted by atomic mass is 16.6. The molecule has 60 valence electrons. The van der Waals surface area contributed by atoms with E-state index in [9.17, 15) is 14.9 Å². The molecule has 0 aromatic carbocycles. The van der Waals surface area contributed by atoms with Gasteiger partial charge in [-0.25, -0.2) is 0 Å². The first kappa shape index (κ1) is 9.08. The number of nitro groups is 1. The van der Waals surface area contributed by atoms with Crippen LogP contribution in [0.15, 0.2) is 11.4 Å². The summed E-state index contributed by atoms with van der Waals surface area (Å²) in [4.78, 5) is 19.3. The van der Waals surface area contributed by atoms with E-state index in [0.29, 0.717) is 6.21 Å². The summed E-state index contributed by atoms with van der Waals surface area (Å²) < 4.78 is 0. The fourth-order valence-corrected chi connectivity index (χ4v) is 0.355. The van der Waals surface area contributed by atoms with Crippen molar-refractivity contribution in [1.29, 1.82) is 5.41 Å². The average Bonchev–Trinajstić information content (AvgIpc) is 1.88. The summed E-state index contributed by atoms with van der Waals surface area (Å²) in [7, 11) is 0. The van der Waals surface area contributed by atoms with Crippen molar-refractivity contribution in [3.8, 4) is 0 Å². The van der Waals surface area contributed by atoms with Gasteiger partial charge in [-0.1, -0.05) is 0 Å². The monoisotopic (exact) mass is 158 g/mol. The summed E-state index contributed by atoms with van der Waals surface area (Å²) in [6, 6.07) is 0. The van der Waals surface area contributed by atoms with E-state index in [0.717, 1.165) is 0 Å². The van der Waals surface area contributed by atoms with Crippen molar-refractivity contribution in [1.82, 2.24) is 0 Å². The Hall–Kier alpha value is -1.92. The van der Waals surface area contributed by atoms with Gasteiger partial charge in [0.2, 0.25) is 0 Å². The van der Waals surface area contributed by atoms with E-state index in [1.807, 2.05) is 0 Å². The van der Waals surface area contributed by atoms with E-state index >= 15 is 0 Å². The summed E-state index contributed by atoms with van der Waals surface area (Å²) in [6.45, 7) is 0. The van der Waals surface area contributed by atoms with Crippen LogP contribution >= 0.6 is 0 Å². The van der Waals surface area contributed by atoms with Gasteiger partial charge in [0.25, 0.3) is 5.91 Å². The van der Waals surface area contributed by atoms with Gasteiger partial charge in [0.15, 0.2) is 5.70 Å². The number of carbonyl (C=O) groups is 1. The highest BCUT2D eigenvalue weighted by Crippen LogP contribution is 1.94. The number of nitrogens with two attached hydrogens (primary N) is 2. The Morgan fingerprint density at radius 3 is 2.09 bits per heavy atom. The fraction of sp³-hybridized carbons (Fsp3) is 0. The maximum Gasteiger partial charge on any atom is 0.315 e. The minimum Gasteiger partial charge on any atom is -0.389 e. The molecule has 7 heteroatoms. The second kappa shape index (κ2) is 3.30. The molecule has 0 aliphatic heterocycles. The molecule has 1 amide bonds. The van der Waals surface area contributed by atoms with E-state index < -0.39 is 22.2 Å². The number of nitrogens with one attached hydrogen (secondary N) is 1. The van der Waals surface area contributed by atoms with Crippen molar-refractivity contribution >= 4 is 12.1 Å². The molecule has 0 bridgehead atoms. The lowest BCUT2D eigenvalue weighted by atomic mass is 10.3. The van der Waals surface area contributed by atoms with Crippen molar-refractivity contribution in [3.05, 3.63) is 21.5 Å². The van der Waals surface area contributed by atoms with Gasteiger partial charge >= 0.3 is 5.70 Å². The zero-order valence-electron chi connectivity index (χ0n) is 5.40. The van der Waals surface area contributed by atoms with Crippen LogP contribution in [0.1, 0.15) is 0 Å². The second-order valence-electron chi connectivity index (χ2n) is 1.56. The van der Waals surface area contributed by atoms with Gasteiger partial charge in [-0.3, -0.25) is 14.9 Å². The van der Waals surface area contributed by atoms with Crippen molar-refractivity contribution in [2.45, 2.75) is 0 Å². The topological polar surface area (TPSA) is 136 Å². The van der Waals surface area contributed by atoms with Gasteiger partial charge in [-0.05, 0) is 0 Å². The van der Waals surface area contributed by atoms with Gasteiger partial charge in [0.05, 0.1) is 11.1 Å². The van der Waals surface area contributed by atoms with Crippen LogP contribution in [0, 0.1) is 15.5 Å². The smallest absolute Gasteiger partial charge is 0.315 e. The maximum absolute atomic E-state index is 10.2. The van der Waals surface area contributed by atoms with E-state index in [1.54, 1.807) is 0 Å². The summed E-state index contributed by atoms with van der Waals surface area (Å²) in [5, 5.41) is 16.5. The fourth-order valence-electron chi connectivity index (χ4n) is 0.355. The number of allylic oxidation sites excluding steroid dienone is 1. The molecule has 0 aromatic rings. The van der Waals surface area contributed by atoms with Crippen LogP contribution in [0.2, 0.25) is 0 Å². The average molecular weight is 158 g/mol. The number of carbonyl (C=O) groups excluding carboxylic acids is 1. The molecule has 0 spiro atoms. The lowest BCUT2D eigenvalue weighted by molar-refractivity contribution is -0.415. The highest BCUT2D eigenvalue weighted by molar-refractivity contribution is 5.96. The highest BCUT2D eigenvalue weighted by Gasteiger charge is 2.16. The zero-order chi connectivity index (χ0) is 9.02. The Bertz CT molecular complexity index is 244. The summed E-state index contributed by atoms with van der Waals surface area (Å²) in [5.41, 5.74) is 7.99. The molecule has 0 radical (unpaired) electrons. The molecule has 0 aliphatic carbocycles. The molecule has 0 atom stereocenters. The molecule has 0 unspecified atom stereocenters. The molecule has 7 nitrogen and oxygen atoms in total. The summed E-state index contributed by atoms with van der Waals surface area (Å²) in [6.07, 6.45) is 0.361. The molecular formula is C4H6N4O3. The SMILES string of the molecule is N=C/C(=C(\N)C(N)=O)[N+](=O)[O-]. The van der Waals surface area contributed by atoms with E-state index in [-0.39, 0.29) is 0 Å². The predicted octanol–water partition coefficient (Wildman–Crippen LogP) is -1.43. The maximum atomic E-state index is 10.2. The van der Waals surface area contributed by atoms with E-state index in [1.165, 1.54) is 0 Å². The third-order valence-electron chi connectivity index (χ3n) is 0.875. The lowest BCUT2D eigenvalue weighted by Crippen LogP contribution is -2.24. The molecule has 0 aromatic heterocycles. The Morgan fingerprint density at radius 2 is 2.00 bits per heavy atom. The third kappa shape index (κ3) is 2.05. The van der Waals surface area contributed by atoms with Gasteiger partial charge in [-0.2, -0.15) is 0 Å². The molecule has 0 aliphatic rings. The number of nitrogens with zero attached hydrogens (tertiary/aromatic N) is 1. The molecule has 0 saturated carbocycles. The molecule has 0 rings (SSSR count). The van der Waals surface area contributed by atoms with Gasteiger partial charge in [-0.15, -0.1) is 0 Å². The zero-order valence-corrected chi connectivity index (χ0v) is 5.40. The quantitative estimate of drug-likeness (QED) is 0.200. The predicted molar refractivity (Wildman–Crippen MR) is 36.2 cm³/mol. The first-order chi connectivity index (χ1) is 5.00. The van der Waals surface area contributed by atoms with Crippen molar-refractivity contribution in [2.75, 3.05) is 0 Å². The summed E-state index contributed by atoms with van der Waals surface area (Å²) in [5.74, 6) is -1.11. The first-order valence-electron chi connectivity index (χ1n) is 2.45. The van der Waals surface area contributed by atoms with Gasteiger partial charge in [0, 0.05) is 0 Å². The summed E-state index contributed by atoms with van der Waals surface area (Å²) >= 11 is 0. The standard InChI is InChI=1S/C4H6N4O3/c5-1-2(8(10)11)3(6)4(7)9/h1,5H,6H2,(H2,7,9)/b3-2+,5-1?. The number of hydrogen-bond donors (Lipinski definition) is 3. The number of primary amides is 1. The molecule has 0 heterocycles. The van der Waals surface area contributed by atoms with Crippen LogP contribution in [0.4, 0.5) is 0 Å². The Labute approximate surface area is 61.3 Å². The molecule has 0 fully saturated rings. The minimum atomic E-state index is -1.11. The Kier molecular flexibility index (Phi) is 2.72. The van der Waals surface area contributed by atoms with Crippen LogP contribution < -0.4 is 11.5 Å². The van der Waals surface area contributed by atoms with Crippen molar-refractivity contribution in [3.63, 3.8) is 0 Å². The van der Waals surface area contributed by atoms with Crippen LogP contribution in [-0.4, -0.2) is 17.0 Å². The lowest BCUT2D eigenvalue weighted by Gasteiger charge is -1.93. The number of amides is 1. The third-order valence-corrected chi connectivity index (χ3v) is 0.875. The normalized spacial score (nSPS) is 11.6. The second-order valence-corrected chi connectivity index (χ2v) is 1.56. The van der Waals surface area contributed by atoms with Crippen LogP contribution in [0.25, 0.3) is 0 Å². The first-order valence-corrected chi connectivity index (χ1v) is 2.45. The molecular weight excluding hydrogens is 152 g/mol. The molecule has 5 N–H and O–H groups in total. The van der Waals surface area contributed by atoms with Crippen molar-refractivity contribution in [2.24, 2.45) is 11.5 Å². The van der Waals surface area contributed by atoms with Gasteiger partial charge < -0.3 is 16.9 Å². The van der Waals surface area contributed by atoms with Gasteiger partial charge in [0.1, 0.15) is 0 Å². The number of rotatable bonds is 3. The van der Waals surface area contributed by atoms with Crippen LogP contribution in [0.5, 0.6) is 0 Å². The van der Waals surface area contributed by atoms with E-state index in [4.69, 9.17) is 11.1 Å². The van der Waals surface area contributed by atoms with Crippen LogP contribution in [-0.2, 0) is 4.79 Å². The van der Waals surface area contributed by atoms with E-state index in [2.05, 4.69) is 5.73 Å². The Balaban J connectivity index is 4.99.